The first kappa shape index (κ1) is 13.7. The van der Waals surface area contributed by atoms with Crippen LogP contribution in [0, 0.1) is 6.57 Å². The molecule has 3 heteroatoms. The molecule has 0 radical (unpaired) electrons. The molecule has 1 aromatic rings. The van der Waals surface area contributed by atoms with Gasteiger partial charge >= 0.3 is 0 Å². The molecule has 0 aliphatic heterocycles. The topological polar surface area (TPSA) is 16.8 Å². The van der Waals surface area contributed by atoms with Crippen LogP contribution in [0.15, 0.2) is 30.3 Å². The smallest absolute Gasteiger partial charge is 0.232 e. The Hall–Kier alpha value is -1.37. The second-order valence-electron chi connectivity index (χ2n) is 4.20. The Bertz CT molecular complexity index is 358. The van der Waals surface area contributed by atoms with Crippen LogP contribution in [-0.4, -0.2) is 38.3 Å². The van der Waals surface area contributed by atoms with Gasteiger partial charge in [0, 0.05) is 13.2 Å². The SMILES string of the molecule is [C-]#[N+]C[C@H](COC)N(C)[C@H](C)c1ccccc1. The fourth-order valence-electron chi connectivity index (χ4n) is 1.88. The minimum atomic E-state index is 0.146. The van der Waals surface area contributed by atoms with Crippen LogP contribution < -0.4 is 0 Å². The van der Waals surface area contributed by atoms with Crippen molar-refractivity contribution in [3.8, 4) is 0 Å². The fraction of sp³-hybridized carbons (Fsp3) is 0.500. The van der Waals surface area contributed by atoms with Crippen molar-refractivity contribution in [2.24, 2.45) is 0 Å². The van der Waals surface area contributed by atoms with Crippen LogP contribution >= 0.6 is 0 Å². The zero-order valence-corrected chi connectivity index (χ0v) is 10.8. The maximum absolute atomic E-state index is 6.99. The van der Waals surface area contributed by atoms with Gasteiger partial charge in [-0.1, -0.05) is 30.3 Å². The van der Waals surface area contributed by atoms with Crippen LogP contribution in [0.4, 0.5) is 0 Å². The van der Waals surface area contributed by atoms with Crippen LogP contribution in [0.1, 0.15) is 18.5 Å². The lowest BCUT2D eigenvalue weighted by Crippen LogP contribution is -2.39. The van der Waals surface area contributed by atoms with E-state index in [0.29, 0.717) is 13.2 Å². The molecule has 0 aliphatic rings. The minimum absolute atomic E-state index is 0.146. The third-order valence-electron chi connectivity index (χ3n) is 3.13. The summed E-state index contributed by atoms with van der Waals surface area (Å²) in [6.07, 6.45) is 0. The average Bonchev–Trinajstić information content (AvgIpc) is 2.38. The molecule has 0 heterocycles. The van der Waals surface area contributed by atoms with E-state index in [2.05, 4.69) is 28.8 Å². The quantitative estimate of drug-likeness (QED) is 0.701. The summed E-state index contributed by atoms with van der Waals surface area (Å²) in [6, 6.07) is 10.8. The summed E-state index contributed by atoms with van der Waals surface area (Å²) in [5.41, 5.74) is 1.26. The maximum Gasteiger partial charge on any atom is 0.232 e. The van der Waals surface area contributed by atoms with E-state index in [4.69, 9.17) is 11.3 Å². The van der Waals surface area contributed by atoms with Crippen molar-refractivity contribution in [2.45, 2.75) is 19.0 Å². The van der Waals surface area contributed by atoms with Crippen LogP contribution in [0.25, 0.3) is 4.85 Å². The van der Waals surface area contributed by atoms with E-state index in [1.807, 2.05) is 25.2 Å². The molecule has 1 aromatic carbocycles. The molecule has 0 fully saturated rings. The summed E-state index contributed by atoms with van der Waals surface area (Å²) in [6.45, 7) is 10.2. The standard InChI is InChI=1S/C14H20N2O/c1-12(13-8-6-5-7-9-13)16(3)14(10-15-2)11-17-4/h5-9,12,14H,10-11H2,1,3-4H3/t12-,14-/m1/s1. The van der Waals surface area contributed by atoms with E-state index in [-0.39, 0.29) is 12.1 Å². The first-order valence-electron chi connectivity index (χ1n) is 5.79. The first-order chi connectivity index (χ1) is 8.20. The van der Waals surface area contributed by atoms with Crippen molar-refractivity contribution in [3.63, 3.8) is 0 Å². The number of ether oxygens (including phenoxy) is 1. The zero-order chi connectivity index (χ0) is 12.7. The lowest BCUT2D eigenvalue weighted by atomic mass is 10.1. The second-order valence-corrected chi connectivity index (χ2v) is 4.20. The molecule has 17 heavy (non-hydrogen) atoms. The van der Waals surface area contributed by atoms with Crippen LogP contribution in [-0.2, 0) is 4.74 Å². The predicted molar refractivity (Wildman–Crippen MR) is 69.8 cm³/mol. The van der Waals surface area contributed by atoms with Gasteiger partial charge in [0.15, 0.2) is 0 Å². The Morgan fingerprint density at radius 3 is 2.53 bits per heavy atom. The number of hydrogen-bond donors (Lipinski definition) is 0. The Morgan fingerprint density at radius 1 is 1.35 bits per heavy atom. The Labute approximate surface area is 104 Å². The molecule has 0 spiro atoms. The van der Waals surface area contributed by atoms with Crippen molar-refractivity contribution < 1.29 is 4.74 Å². The molecule has 0 bridgehead atoms. The summed E-state index contributed by atoms with van der Waals surface area (Å²) in [4.78, 5) is 5.69. The van der Waals surface area contributed by atoms with Gasteiger partial charge < -0.3 is 9.58 Å². The number of hydrogen-bond acceptors (Lipinski definition) is 2. The molecule has 0 unspecified atom stereocenters. The van der Waals surface area contributed by atoms with E-state index in [1.54, 1.807) is 7.11 Å². The average molecular weight is 232 g/mol. The third-order valence-corrected chi connectivity index (χ3v) is 3.13. The van der Waals surface area contributed by atoms with Gasteiger partial charge in [0.05, 0.1) is 6.61 Å². The summed E-state index contributed by atoms with van der Waals surface area (Å²) in [5, 5.41) is 0. The van der Waals surface area contributed by atoms with E-state index in [0.717, 1.165) is 0 Å². The zero-order valence-electron chi connectivity index (χ0n) is 10.8. The minimum Gasteiger partial charge on any atom is -0.383 e. The molecule has 3 nitrogen and oxygen atoms in total. The Morgan fingerprint density at radius 2 is 2.00 bits per heavy atom. The lowest BCUT2D eigenvalue weighted by Gasteiger charge is -2.30. The molecule has 0 N–H and O–H groups in total. The fourth-order valence-corrected chi connectivity index (χ4v) is 1.88. The van der Waals surface area contributed by atoms with Gasteiger partial charge in [0.1, 0.15) is 6.04 Å². The molecule has 0 saturated carbocycles. The highest BCUT2D eigenvalue weighted by Crippen LogP contribution is 2.20. The van der Waals surface area contributed by atoms with Crippen molar-refractivity contribution in [3.05, 3.63) is 47.3 Å². The number of likely N-dealkylation sites (N-methyl/N-ethyl adjacent to an activating group) is 1. The predicted octanol–water partition coefficient (Wildman–Crippen LogP) is 2.61. The molecule has 1 rings (SSSR count). The molecule has 0 aliphatic carbocycles. The molecule has 2 atom stereocenters. The third kappa shape index (κ3) is 3.85. The summed E-state index contributed by atoms with van der Waals surface area (Å²) < 4.78 is 5.18. The first-order valence-corrected chi connectivity index (χ1v) is 5.79. The van der Waals surface area contributed by atoms with E-state index < -0.39 is 0 Å². The highest BCUT2D eigenvalue weighted by Gasteiger charge is 2.22. The van der Waals surface area contributed by atoms with Crippen LogP contribution in [0.2, 0.25) is 0 Å². The van der Waals surface area contributed by atoms with Gasteiger partial charge in [0.2, 0.25) is 6.54 Å². The van der Waals surface area contributed by atoms with Crippen molar-refractivity contribution >= 4 is 0 Å². The van der Waals surface area contributed by atoms with Crippen molar-refractivity contribution in [1.29, 1.82) is 0 Å². The van der Waals surface area contributed by atoms with Gasteiger partial charge in [-0.05, 0) is 19.5 Å². The molecule has 0 amide bonds. The van der Waals surface area contributed by atoms with Gasteiger partial charge in [-0.15, -0.1) is 0 Å². The van der Waals surface area contributed by atoms with Gasteiger partial charge in [0.25, 0.3) is 0 Å². The summed E-state index contributed by atoms with van der Waals surface area (Å²) in [7, 11) is 3.73. The van der Waals surface area contributed by atoms with Crippen molar-refractivity contribution in [1.82, 2.24) is 4.90 Å². The number of benzene rings is 1. The van der Waals surface area contributed by atoms with E-state index >= 15 is 0 Å². The van der Waals surface area contributed by atoms with E-state index in [9.17, 15) is 0 Å². The molecule has 0 saturated heterocycles. The normalized spacial score (nSPS) is 14.3. The molecule has 0 aromatic heterocycles. The van der Waals surface area contributed by atoms with Gasteiger partial charge in [-0.3, -0.25) is 4.90 Å². The highest BCUT2D eigenvalue weighted by atomic mass is 16.5. The summed E-state index contributed by atoms with van der Waals surface area (Å²) >= 11 is 0. The van der Waals surface area contributed by atoms with Gasteiger partial charge in [-0.2, -0.15) is 0 Å². The highest BCUT2D eigenvalue weighted by molar-refractivity contribution is 5.18. The second kappa shape index (κ2) is 7.05. The Balaban J connectivity index is 2.73. The number of nitrogens with zero attached hydrogens (tertiary/aromatic N) is 2. The molecule has 92 valence electrons. The van der Waals surface area contributed by atoms with Gasteiger partial charge in [-0.25, -0.2) is 6.57 Å². The van der Waals surface area contributed by atoms with Crippen LogP contribution in [0.3, 0.4) is 0 Å². The largest absolute Gasteiger partial charge is 0.383 e. The number of methoxy groups -OCH3 is 1. The lowest BCUT2D eigenvalue weighted by molar-refractivity contribution is 0.0923. The summed E-state index contributed by atoms with van der Waals surface area (Å²) in [5.74, 6) is 0. The monoisotopic (exact) mass is 232 g/mol. The number of rotatable bonds is 6. The van der Waals surface area contributed by atoms with Crippen LogP contribution in [0.5, 0.6) is 0 Å². The Kier molecular flexibility index (Phi) is 5.68. The molecular formula is C14H20N2O. The maximum atomic E-state index is 6.99. The van der Waals surface area contributed by atoms with E-state index in [1.165, 1.54) is 5.56 Å². The molecular weight excluding hydrogens is 212 g/mol. The van der Waals surface area contributed by atoms with Crippen molar-refractivity contribution in [2.75, 3.05) is 27.3 Å².